The van der Waals surface area contributed by atoms with Crippen molar-refractivity contribution in [3.63, 3.8) is 0 Å². The average molecular weight is 257 g/mol. The Morgan fingerprint density at radius 2 is 1.68 bits per heavy atom. The smallest absolute Gasteiger partial charge is 0.124 e. The van der Waals surface area contributed by atoms with Gasteiger partial charge in [0.05, 0.1) is 0 Å². The fourth-order valence-electron chi connectivity index (χ4n) is 1.93. The molecule has 0 amide bonds. The molecule has 3 nitrogen and oxygen atoms in total. The van der Waals surface area contributed by atoms with Gasteiger partial charge in [-0.2, -0.15) is 0 Å². The lowest BCUT2D eigenvalue weighted by Crippen LogP contribution is -2.13. The van der Waals surface area contributed by atoms with Crippen LogP contribution < -0.4 is 10.5 Å². The minimum absolute atomic E-state index is 0.0925. The summed E-state index contributed by atoms with van der Waals surface area (Å²) < 4.78 is 5.68. The summed E-state index contributed by atoms with van der Waals surface area (Å²) in [5.41, 5.74) is 7.68. The molecule has 0 saturated carbocycles. The first-order chi connectivity index (χ1) is 9.18. The first kappa shape index (κ1) is 13.6. The van der Waals surface area contributed by atoms with E-state index in [9.17, 15) is 5.11 Å². The molecule has 2 atom stereocenters. The molecule has 100 valence electrons. The second-order valence-corrected chi connectivity index (χ2v) is 4.56. The van der Waals surface area contributed by atoms with E-state index >= 15 is 0 Å². The Labute approximate surface area is 113 Å². The minimum Gasteiger partial charge on any atom is -0.490 e. The fraction of sp³-hybridized carbons (Fsp3) is 0.250. The second kappa shape index (κ2) is 6.36. The van der Waals surface area contributed by atoms with Crippen LogP contribution in [-0.4, -0.2) is 11.7 Å². The van der Waals surface area contributed by atoms with E-state index in [-0.39, 0.29) is 12.6 Å². The summed E-state index contributed by atoms with van der Waals surface area (Å²) in [6.07, 6.45) is -0.637. The van der Waals surface area contributed by atoms with Gasteiger partial charge in [0.1, 0.15) is 18.5 Å². The number of hydrogen-bond donors (Lipinski definition) is 2. The first-order valence-corrected chi connectivity index (χ1v) is 6.39. The van der Waals surface area contributed by atoms with Gasteiger partial charge in [-0.3, -0.25) is 0 Å². The third-order valence-electron chi connectivity index (χ3n) is 2.99. The van der Waals surface area contributed by atoms with Gasteiger partial charge in [-0.1, -0.05) is 48.5 Å². The largest absolute Gasteiger partial charge is 0.490 e. The summed E-state index contributed by atoms with van der Waals surface area (Å²) in [5.74, 6) is 0.729. The molecule has 3 N–H and O–H groups in total. The van der Waals surface area contributed by atoms with Gasteiger partial charge in [0.15, 0.2) is 0 Å². The molecule has 0 aliphatic heterocycles. The highest BCUT2D eigenvalue weighted by atomic mass is 16.5. The minimum atomic E-state index is -0.637. The molecule has 0 spiro atoms. The van der Waals surface area contributed by atoms with Crippen molar-refractivity contribution < 1.29 is 9.84 Å². The van der Waals surface area contributed by atoms with Crippen LogP contribution in [0, 0.1) is 0 Å². The molecule has 0 aromatic heterocycles. The van der Waals surface area contributed by atoms with E-state index in [0.29, 0.717) is 0 Å². The quantitative estimate of drug-likeness (QED) is 0.866. The van der Waals surface area contributed by atoms with Crippen LogP contribution in [0.1, 0.15) is 30.2 Å². The first-order valence-electron chi connectivity index (χ1n) is 6.39. The number of aliphatic hydroxyl groups excluding tert-OH is 1. The number of benzene rings is 2. The SMILES string of the molecule is CC(N)c1ccccc1OCC(O)c1ccccc1. The molecule has 0 bridgehead atoms. The summed E-state index contributed by atoms with van der Waals surface area (Å²) in [5, 5.41) is 10.1. The molecular weight excluding hydrogens is 238 g/mol. The predicted molar refractivity (Wildman–Crippen MR) is 75.9 cm³/mol. The van der Waals surface area contributed by atoms with Crippen LogP contribution in [0.15, 0.2) is 54.6 Å². The average Bonchev–Trinajstić information content (AvgIpc) is 2.46. The van der Waals surface area contributed by atoms with E-state index in [4.69, 9.17) is 10.5 Å². The van der Waals surface area contributed by atoms with E-state index in [2.05, 4.69) is 0 Å². The maximum Gasteiger partial charge on any atom is 0.124 e. The monoisotopic (exact) mass is 257 g/mol. The molecule has 0 aliphatic carbocycles. The molecule has 2 unspecified atom stereocenters. The highest BCUT2D eigenvalue weighted by molar-refractivity contribution is 5.35. The van der Waals surface area contributed by atoms with Gasteiger partial charge >= 0.3 is 0 Å². The van der Waals surface area contributed by atoms with E-state index in [1.54, 1.807) is 0 Å². The highest BCUT2D eigenvalue weighted by Crippen LogP contribution is 2.24. The molecule has 2 rings (SSSR count). The highest BCUT2D eigenvalue weighted by Gasteiger charge is 2.11. The van der Waals surface area contributed by atoms with Gasteiger partial charge in [-0.05, 0) is 18.6 Å². The summed E-state index contributed by atoms with van der Waals surface area (Å²) in [6, 6.07) is 17.0. The van der Waals surface area contributed by atoms with Gasteiger partial charge in [-0.15, -0.1) is 0 Å². The van der Waals surface area contributed by atoms with Crippen molar-refractivity contribution in [2.24, 2.45) is 5.73 Å². The van der Waals surface area contributed by atoms with Gasteiger partial charge in [0.2, 0.25) is 0 Å². The van der Waals surface area contributed by atoms with Crippen LogP contribution in [0.3, 0.4) is 0 Å². The number of para-hydroxylation sites is 1. The van der Waals surface area contributed by atoms with Gasteiger partial charge in [0.25, 0.3) is 0 Å². The number of aliphatic hydroxyl groups is 1. The third-order valence-corrected chi connectivity index (χ3v) is 2.99. The van der Waals surface area contributed by atoms with Crippen LogP contribution in [0.4, 0.5) is 0 Å². The van der Waals surface area contributed by atoms with E-state index in [1.807, 2.05) is 61.5 Å². The normalized spacial score (nSPS) is 13.8. The zero-order valence-corrected chi connectivity index (χ0v) is 11.0. The molecule has 0 aliphatic rings. The summed E-state index contributed by atoms with van der Waals surface area (Å²) in [4.78, 5) is 0. The van der Waals surface area contributed by atoms with Crippen molar-refractivity contribution in [3.05, 3.63) is 65.7 Å². The zero-order valence-electron chi connectivity index (χ0n) is 11.0. The Morgan fingerprint density at radius 3 is 2.37 bits per heavy atom. The summed E-state index contributed by atoms with van der Waals surface area (Å²) in [6.45, 7) is 2.13. The molecule has 0 heterocycles. The molecule has 2 aromatic carbocycles. The number of ether oxygens (including phenoxy) is 1. The number of rotatable bonds is 5. The van der Waals surface area contributed by atoms with E-state index < -0.39 is 6.10 Å². The molecule has 19 heavy (non-hydrogen) atoms. The van der Waals surface area contributed by atoms with Gasteiger partial charge in [0, 0.05) is 11.6 Å². The molecule has 0 radical (unpaired) electrons. The van der Waals surface area contributed by atoms with Crippen molar-refractivity contribution >= 4 is 0 Å². The predicted octanol–water partition coefficient (Wildman–Crippen LogP) is 2.82. The van der Waals surface area contributed by atoms with E-state index in [1.165, 1.54) is 0 Å². The second-order valence-electron chi connectivity index (χ2n) is 4.56. The molecular formula is C16H19NO2. The van der Waals surface area contributed by atoms with Gasteiger partial charge in [-0.25, -0.2) is 0 Å². The summed E-state index contributed by atoms with van der Waals surface area (Å²) >= 11 is 0. The lowest BCUT2D eigenvalue weighted by Gasteiger charge is -2.16. The maximum atomic E-state index is 10.1. The Bertz CT molecular complexity index is 511. The zero-order chi connectivity index (χ0) is 13.7. The number of hydrogen-bond acceptors (Lipinski definition) is 3. The van der Waals surface area contributed by atoms with E-state index in [0.717, 1.165) is 16.9 Å². The lowest BCUT2D eigenvalue weighted by atomic mass is 10.1. The van der Waals surface area contributed by atoms with Crippen LogP contribution in [0.5, 0.6) is 5.75 Å². The molecule has 2 aromatic rings. The molecule has 0 saturated heterocycles. The van der Waals surface area contributed by atoms with Crippen molar-refractivity contribution in [1.29, 1.82) is 0 Å². The van der Waals surface area contributed by atoms with Crippen molar-refractivity contribution in [2.75, 3.05) is 6.61 Å². The van der Waals surface area contributed by atoms with Gasteiger partial charge < -0.3 is 15.6 Å². The summed E-state index contributed by atoms with van der Waals surface area (Å²) in [7, 11) is 0. The lowest BCUT2D eigenvalue weighted by molar-refractivity contribution is 0.107. The maximum absolute atomic E-state index is 10.1. The van der Waals surface area contributed by atoms with Crippen molar-refractivity contribution in [2.45, 2.75) is 19.1 Å². The van der Waals surface area contributed by atoms with Crippen LogP contribution in [0.25, 0.3) is 0 Å². The van der Waals surface area contributed by atoms with Crippen LogP contribution >= 0.6 is 0 Å². The molecule has 3 heteroatoms. The van der Waals surface area contributed by atoms with Crippen LogP contribution in [-0.2, 0) is 0 Å². The van der Waals surface area contributed by atoms with Crippen LogP contribution in [0.2, 0.25) is 0 Å². The van der Waals surface area contributed by atoms with Crippen molar-refractivity contribution in [1.82, 2.24) is 0 Å². The fourth-order valence-corrected chi connectivity index (χ4v) is 1.93. The molecule has 0 fully saturated rings. The Hall–Kier alpha value is -1.84. The van der Waals surface area contributed by atoms with Crippen molar-refractivity contribution in [3.8, 4) is 5.75 Å². The Morgan fingerprint density at radius 1 is 1.05 bits per heavy atom. The number of nitrogens with two attached hydrogens (primary N) is 1. The standard InChI is InChI=1S/C16H19NO2/c1-12(17)14-9-5-6-10-16(14)19-11-15(18)13-7-3-2-4-8-13/h2-10,12,15,18H,11,17H2,1H3. The Balaban J connectivity index is 2.03. The topological polar surface area (TPSA) is 55.5 Å². The third kappa shape index (κ3) is 3.56. The Kier molecular flexibility index (Phi) is 4.55.